The molecule has 2 aliphatic heterocycles. The minimum Gasteiger partial charge on any atom is -0.452 e. The van der Waals surface area contributed by atoms with Crippen molar-refractivity contribution in [2.45, 2.75) is 18.1 Å². The van der Waals surface area contributed by atoms with E-state index in [1.807, 2.05) is 36.4 Å². The molecule has 1 amide bonds. The monoisotopic (exact) mass is 366 g/mol. The summed E-state index contributed by atoms with van der Waals surface area (Å²) in [7, 11) is 1.21. The first-order valence-electron chi connectivity index (χ1n) is 8.34. The third-order valence-electron chi connectivity index (χ3n) is 5.21. The molecule has 0 aromatic heterocycles. The topological polar surface area (TPSA) is 79.6 Å². The summed E-state index contributed by atoms with van der Waals surface area (Å²) in [5.74, 6) is -2.44. The van der Waals surface area contributed by atoms with Crippen LogP contribution in [-0.2, 0) is 26.1 Å². The maximum Gasteiger partial charge on any atom is 0.417 e. The molecule has 0 spiro atoms. The SMILES string of the molecule is COC(=O)N1c2ccc(F)cc2[C@]2(Cc3ccccc3)[C@H](C#N)C(=O)O[C@H]12. The van der Waals surface area contributed by atoms with Crippen molar-refractivity contribution < 1.29 is 23.5 Å². The van der Waals surface area contributed by atoms with Gasteiger partial charge in [0.1, 0.15) is 5.82 Å². The van der Waals surface area contributed by atoms with Crippen molar-refractivity contribution in [3.63, 3.8) is 0 Å². The molecule has 6 nitrogen and oxygen atoms in total. The smallest absolute Gasteiger partial charge is 0.417 e. The van der Waals surface area contributed by atoms with Gasteiger partial charge in [0.2, 0.25) is 0 Å². The maximum absolute atomic E-state index is 14.1. The Morgan fingerprint density at radius 1 is 1.33 bits per heavy atom. The van der Waals surface area contributed by atoms with Gasteiger partial charge in [0.05, 0.1) is 24.3 Å². The number of anilines is 1. The first-order chi connectivity index (χ1) is 13.0. The van der Waals surface area contributed by atoms with Gasteiger partial charge >= 0.3 is 12.1 Å². The van der Waals surface area contributed by atoms with E-state index in [1.54, 1.807) is 0 Å². The molecule has 0 N–H and O–H groups in total. The standard InChI is InChI=1S/C20H15FN2O4/c1-26-19(25)23-16-8-7-13(21)9-14(16)20(10-12-5-3-2-4-6-12)15(11-22)17(24)27-18(20)23/h2-9,15,18H,10H2,1H3/t15-,18+,20-/m1/s1. The molecular weight excluding hydrogens is 351 g/mol. The highest BCUT2D eigenvalue weighted by molar-refractivity contribution is 5.96. The molecule has 136 valence electrons. The third kappa shape index (κ3) is 2.30. The number of nitriles is 1. The summed E-state index contributed by atoms with van der Waals surface area (Å²) in [4.78, 5) is 26.1. The maximum atomic E-state index is 14.1. The zero-order valence-electron chi connectivity index (χ0n) is 14.4. The fourth-order valence-electron chi connectivity index (χ4n) is 4.10. The second-order valence-electron chi connectivity index (χ2n) is 6.56. The Labute approximate surface area is 154 Å². The molecule has 2 aromatic rings. The van der Waals surface area contributed by atoms with Crippen LogP contribution in [0.3, 0.4) is 0 Å². The number of rotatable bonds is 2. The molecule has 3 atom stereocenters. The van der Waals surface area contributed by atoms with Crippen LogP contribution in [0.5, 0.6) is 0 Å². The summed E-state index contributed by atoms with van der Waals surface area (Å²) < 4.78 is 24.4. The average Bonchev–Trinajstić information content (AvgIpc) is 3.08. The van der Waals surface area contributed by atoms with Crippen molar-refractivity contribution in [3.8, 4) is 6.07 Å². The van der Waals surface area contributed by atoms with Gasteiger partial charge in [-0.15, -0.1) is 0 Å². The highest BCUT2D eigenvalue weighted by Crippen LogP contribution is 2.56. The molecule has 1 fully saturated rings. The minimum absolute atomic E-state index is 0.229. The first kappa shape index (κ1) is 17.0. The largest absolute Gasteiger partial charge is 0.452 e. The quantitative estimate of drug-likeness (QED) is 0.764. The molecular formula is C20H15FN2O4. The van der Waals surface area contributed by atoms with Gasteiger partial charge in [-0.25, -0.2) is 14.1 Å². The van der Waals surface area contributed by atoms with Gasteiger partial charge in [0.25, 0.3) is 0 Å². The molecule has 2 heterocycles. The lowest BCUT2D eigenvalue weighted by molar-refractivity contribution is -0.142. The van der Waals surface area contributed by atoms with Crippen LogP contribution < -0.4 is 4.90 Å². The molecule has 1 saturated heterocycles. The Morgan fingerprint density at radius 2 is 2.07 bits per heavy atom. The number of halogens is 1. The van der Waals surface area contributed by atoms with Gasteiger partial charge in [0.15, 0.2) is 12.1 Å². The Bertz CT molecular complexity index is 972. The summed E-state index contributed by atoms with van der Waals surface area (Å²) in [6, 6.07) is 15.1. The summed E-state index contributed by atoms with van der Waals surface area (Å²) in [5, 5.41) is 9.72. The van der Waals surface area contributed by atoms with Crippen LogP contribution >= 0.6 is 0 Å². The van der Waals surface area contributed by atoms with Crippen molar-refractivity contribution in [2.24, 2.45) is 5.92 Å². The molecule has 0 unspecified atom stereocenters. The molecule has 0 radical (unpaired) electrons. The number of methoxy groups -OCH3 is 1. The van der Waals surface area contributed by atoms with E-state index in [-0.39, 0.29) is 6.42 Å². The zero-order valence-corrected chi connectivity index (χ0v) is 14.4. The van der Waals surface area contributed by atoms with E-state index in [9.17, 15) is 19.2 Å². The number of benzene rings is 2. The lowest BCUT2D eigenvalue weighted by atomic mass is 9.68. The van der Waals surface area contributed by atoms with E-state index in [1.165, 1.54) is 30.2 Å². The molecule has 27 heavy (non-hydrogen) atoms. The summed E-state index contributed by atoms with van der Waals surface area (Å²) in [6.45, 7) is 0. The Morgan fingerprint density at radius 3 is 2.74 bits per heavy atom. The first-order valence-corrected chi connectivity index (χ1v) is 8.34. The van der Waals surface area contributed by atoms with Crippen molar-refractivity contribution in [1.82, 2.24) is 0 Å². The van der Waals surface area contributed by atoms with E-state index in [2.05, 4.69) is 0 Å². The van der Waals surface area contributed by atoms with Gasteiger partial charge < -0.3 is 9.47 Å². The molecule has 7 heteroatoms. The fraction of sp³-hybridized carbons (Fsp3) is 0.250. The fourth-order valence-corrected chi connectivity index (χ4v) is 4.10. The minimum atomic E-state index is -1.22. The van der Waals surface area contributed by atoms with Crippen molar-refractivity contribution in [3.05, 3.63) is 65.5 Å². The number of nitrogens with zero attached hydrogens (tertiary/aromatic N) is 2. The number of esters is 1. The molecule has 0 bridgehead atoms. The van der Waals surface area contributed by atoms with Crippen LogP contribution in [-0.4, -0.2) is 25.4 Å². The summed E-state index contributed by atoms with van der Waals surface area (Å²) in [5.41, 5.74) is 0.373. The van der Waals surface area contributed by atoms with Gasteiger partial charge in [-0.2, -0.15) is 5.26 Å². The van der Waals surface area contributed by atoms with E-state index in [4.69, 9.17) is 9.47 Å². The second-order valence-corrected chi connectivity index (χ2v) is 6.56. The molecule has 2 aliphatic rings. The lowest BCUT2D eigenvalue weighted by Crippen LogP contribution is -2.48. The van der Waals surface area contributed by atoms with Crippen LogP contribution in [0.4, 0.5) is 14.9 Å². The molecule has 0 aliphatic carbocycles. The number of carbonyl (C=O) groups is 2. The van der Waals surface area contributed by atoms with Crippen molar-refractivity contribution >= 4 is 17.7 Å². The summed E-state index contributed by atoms with van der Waals surface area (Å²) in [6.07, 6.45) is -1.60. The van der Waals surface area contributed by atoms with Crippen molar-refractivity contribution in [2.75, 3.05) is 12.0 Å². The van der Waals surface area contributed by atoms with Crippen LogP contribution in [0, 0.1) is 23.1 Å². The molecule has 2 aromatic carbocycles. The van der Waals surface area contributed by atoms with E-state index >= 15 is 0 Å². The highest BCUT2D eigenvalue weighted by atomic mass is 19.1. The van der Waals surface area contributed by atoms with Gasteiger partial charge in [-0.3, -0.25) is 4.79 Å². The lowest BCUT2D eigenvalue weighted by Gasteiger charge is -2.31. The number of fused-ring (bicyclic) bond motifs is 3. The van der Waals surface area contributed by atoms with E-state index in [0.29, 0.717) is 11.3 Å². The van der Waals surface area contributed by atoms with Crippen LogP contribution in [0.25, 0.3) is 0 Å². The van der Waals surface area contributed by atoms with Gasteiger partial charge in [0, 0.05) is 0 Å². The highest BCUT2D eigenvalue weighted by Gasteiger charge is 2.67. The van der Waals surface area contributed by atoms with Crippen LogP contribution in [0.2, 0.25) is 0 Å². The summed E-state index contributed by atoms with van der Waals surface area (Å²) >= 11 is 0. The Kier molecular flexibility index (Phi) is 3.84. The van der Waals surface area contributed by atoms with Gasteiger partial charge in [-0.05, 0) is 35.7 Å². The number of amides is 1. The molecule has 4 rings (SSSR count). The molecule has 0 saturated carbocycles. The van der Waals surface area contributed by atoms with Crippen LogP contribution in [0.1, 0.15) is 11.1 Å². The van der Waals surface area contributed by atoms with E-state index in [0.717, 1.165) is 5.56 Å². The zero-order chi connectivity index (χ0) is 19.2. The van der Waals surface area contributed by atoms with Gasteiger partial charge in [-0.1, -0.05) is 30.3 Å². The number of carbonyl (C=O) groups excluding carboxylic acids is 2. The predicted octanol–water partition coefficient (Wildman–Crippen LogP) is 2.92. The number of hydrogen-bond acceptors (Lipinski definition) is 5. The Balaban J connectivity index is 1.98. The van der Waals surface area contributed by atoms with Crippen molar-refractivity contribution in [1.29, 1.82) is 5.26 Å². The third-order valence-corrected chi connectivity index (χ3v) is 5.21. The normalized spacial score (nSPS) is 25.4. The number of hydrogen-bond donors (Lipinski definition) is 0. The van der Waals surface area contributed by atoms with E-state index < -0.39 is 35.4 Å². The van der Waals surface area contributed by atoms with Crippen LogP contribution in [0.15, 0.2) is 48.5 Å². The predicted molar refractivity (Wildman–Crippen MR) is 92.1 cm³/mol. The second kappa shape index (κ2) is 6.09. The number of ether oxygens (including phenoxy) is 2. The Hall–Kier alpha value is -3.40. The average molecular weight is 366 g/mol.